The van der Waals surface area contributed by atoms with Crippen molar-refractivity contribution >= 4 is 15.9 Å². The van der Waals surface area contributed by atoms with Crippen molar-refractivity contribution < 1.29 is 0 Å². The highest BCUT2D eigenvalue weighted by atomic mass is 79.9. The molecule has 0 saturated heterocycles. The Labute approximate surface area is 197 Å². The molecule has 0 N–H and O–H groups in total. The zero-order valence-electron chi connectivity index (χ0n) is 17.5. The second kappa shape index (κ2) is 7.62. The van der Waals surface area contributed by atoms with Crippen LogP contribution in [0.4, 0.5) is 0 Å². The molecular weight excluding hydrogens is 452 g/mol. The van der Waals surface area contributed by atoms with Crippen LogP contribution in [0.1, 0.15) is 22.3 Å². The van der Waals surface area contributed by atoms with Crippen molar-refractivity contribution in [2.75, 3.05) is 0 Å². The maximum absolute atomic E-state index is 3.86. The highest BCUT2D eigenvalue weighted by molar-refractivity contribution is 9.10. The van der Waals surface area contributed by atoms with Crippen molar-refractivity contribution in [1.82, 2.24) is 0 Å². The Kier molecular flexibility index (Phi) is 4.59. The normalized spacial score (nSPS) is 16.4. The van der Waals surface area contributed by atoms with Gasteiger partial charge in [-0.15, -0.1) is 0 Å². The molecule has 1 aliphatic rings. The summed E-state index contributed by atoms with van der Waals surface area (Å²) in [5, 5.41) is 0. The van der Waals surface area contributed by atoms with Crippen LogP contribution >= 0.6 is 15.9 Å². The summed E-state index contributed by atoms with van der Waals surface area (Å²) in [5.41, 5.74) is 9.94. The highest BCUT2D eigenvalue weighted by Crippen LogP contribution is 2.57. The fraction of sp³-hybridized carbons (Fsp3) is 0.0323. The molecule has 0 saturated carbocycles. The first-order chi connectivity index (χ1) is 15.8. The van der Waals surface area contributed by atoms with Gasteiger partial charge in [-0.2, -0.15) is 0 Å². The predicted octanol–water partition coefficient (Wildman–Crippen LogP) is 8.48. The minimum atomic E-state index is -0.355. The highest BCUT2D eigenvalue weighted by Gasteiger charge is 2.46. The van der Waals surface area contributed by atoms with Crippen LogP contribution in [0, 0.1) is 0 Å². The average Bonchev–Trinajstić information content (AvgIpc) is 3.18. The van der Waals surface area contributed by atoms with Gasteiger partial charge in [0, 0.05) is 10.0 Å². The van der Waals surface area contributed by atoms with Crippen molar-refractivity contribution in [3.63, 3.8) is 0 Å². The molecule has 0 nitrogen and oxygen atoms in total. The summed E-state index contributed by atoms with van der Waals surface area (Å²) in [5.74, 6) is 0. The second-order valence-corrected chi connectivity index (χ2v) is 9.12. The number of hydrogen-bond acceptors (Lipinski definition) is 0. The summed E-state index contributed by atoms with van der Waals surface area (Å²) < 4.78 is 1.14. The van der Waals surface area contributed by atoms with Crippen LogP contribution in [0.25, 0.3) is 22.3 Å². The van der Waals surface area contributed by atoms with Crippen LogP contribution in [-0.2, 0) is 5.41 Å². The molecule has 1 unspecified atom stereocenters. The van der Waals surface area contributed by atoms with Crippen LogP contribution in [0.3, 0.4) is 0 Å². The van der Waals surface area contributed by atoms with Crippen molar-refractivity contribution in [3.8, 4) is 22.3 Å². The molecule has 1 heteroatoms. The smallest absolute Gasteiger partial charge is 0.0622 e. The van der Waals surface area contributed by atoms with Gasteiger partial charge < -0.3 is 0 Å². The first-order valence-electron chi connectivity index (χ1n) is 10.9. The standard InChI is InChI=1S/C31H21Br/c32-29-17-9-16-28-30(29)26-14-7-8-15-27(26)31(28,24-12-5-2-6-13-24)25-20-18-23(19-21-25)22-10-3-1-4-11-22/h1-21H. The van der Waals surface area contributed by atoms with Crippen molar-refractivity contribution in [3.05, 3.63) is 154 Å². The van der Waals surface area contributed by atoms with E-state index in [-0.39, 0.29) is 5.41 Å². The molecular formula is C31H21Br. The third kappa shape index (κ3) is 2.75. The summed E-state index contributed by atoms with van der Waals surface area (Å²) in [6.45, 7) is 0. The lowest BCUT2D eigenvalue weighted by Gasteiger charge is -2.34. The van der Waals surface area contributed by atoms with Gasteiger partial charge in [-0.3, -0.25) is 0 Å². The van der Waals surface area contributed by atoms with Gasteiger partial charge in [0.25, 0.3) is 0 Å². The molecule has 0 fully saturated rings. The van der Waals surface area contributed by atoms with E-state index < -0.39 is 0 Å². The van der Waals surface area contributed by atoms with E-state index in [1.807, 2.05) is 0 Å². The van der Waals surface area contributed by atoms with Crippen LogP contribution in [0.2, 0.25) is 0 Å². The SMILES string of the molecule is Brc1cccc2c1-c1ccccc1C2(c1ccccc1)c1ccc(-c2ccccc2)cc1. The third-order valence-electron chi connectivity index (χ3n) is 6.65. The monoisotopic (exact) mass is 472 g/mol. The third-order valence-corrected chi connectivity index (χ3v) is 7.31. The number of fused-ring (bicyclic) bond motifs is 3. The first-order valence-corrected chi connectivity index (χ1v) is 11.7. The molecule has 152 valence electrons. The quantitative estimate of drug-likeness (QED) is 0.242. The summed E-state index contributed by atoms with van der Waals surface area (Å²) in [7, 11) is 0. The molecule has 6 rings (SSSR count). The largest absolute Gasteiger partial charge is 0.0713 e. The molecule has 0 spiro atoms. The fourth-order valence-corrected chi connectivity index (χ4v) is 5.88. The van der Waals surface area contributed by atoms with E-state index in [9.17, 15) is 0 Å². The number of halogens is 1. The Hall–Kier alpha value is -3.42. The van der Waals surface area contributed by atoms with Crippen molar-refractivity contribution in [2.24, 2.45) is 0 Å². The maximum atomic E-state index is 3.86. The van der Waals surface area contributed by atoms with Gasteiger partial charge >= 0.3 is 0 Å². The van der Waals surface area contributed by atoms with Gasteiger partial charge in [0.1, 0.15) is 0 Å². The summed E-state index contributed by atoms with van der Waals surface area (Å²) in [6, 6.07) is 46.1. The van der Waals surface area contributed by atoms with Gasteiger partial charge in [-0.05, 0) is 45.0 Å². The summed E-state index contributed by atoms with van der Waals surface area (Å²) in [6.07, 6.45) is 0. The lowest BCUT2D eigenvalue weighted by Crippen LogP contribution is -2.28. The lowest BCUT2D eigenvalue weighted by molar-refractivity contribution is 0.768. The zero-order valence-corrected chi connectivity index (χ0v) is 19.1. The number of benzene rings is 5. The molecule has 5 aromatic rings. The van der Waals surface area contributed by atoms with Crippen molar-refractivity contribution in [2.45, 2.75) is 5.41 Å². The molecule has 0 aliphatic heterocycles. The Balaban J connectivity index is 1.67. The number of rotatable bonds is 3. The van der Waals surface area contributed by atoms with Crippen LogP contribution in [0.5, 0.6) is 0 Å². The van der Waals surface area contributed by atoms with E-state index in [4.69, 9.17) is 0 Å². The fourth-order valence-electron chi connectivity index (χ4n) is 5.30. The molecule has 1 aliphatic carbocycles. The van der Waals surface area contributed by atoms with E-state index in [0.717, 1.165) is 4.47 Å². The van der Waals surface area contributed by atoms with Gasteiger partial charge in [0.15, 0.2) is 0 Å². The van der Waals surface area contributed by atoms with Crippen LogP contribution in [-0.4, -0.2) is 0 Å². The second-order valence-electron chi connectivity index (χ2n) is 8.27. The number of hydrogen-bond donors (Lipinski definition) is 0. The van der Waals surface area contributed by atoms with Crippen LogP contribution in [0.15, 0.2) is 132 Å². The summed E-state index contributed by atoms with van der Waals surface area (Å²) >= 11 is 3.86. The predicted molar refractivity (Wildman–Crippen MR) is 137 cm³/mol. The van der Waals surface area contributed by atoms with Gasteiger partial charge in [-0.1, -0.05) is 137 Å². The van der Waals surface area contributed by atoms with E-state index in [1.165, 1.54) is 44.5 Å². The summed E-state index contributed by atoms with van der Waals surface area (Å²) in [4.78, 5) is 0. The molecule has 0 bridgehead atoms. The Bertz CT molecular complexity index is 1400. The van der Waals surface area contributed by atoms with Gasteiger partial charge in [0.05, 0.1) is 5.41 Å². The Morgan fingerprint density at radius 3 is 1.75 bits per heavy atom. The first kappa shape index (κ1) is 19.3. The molecule has 5 aromatic carbocycles. The zero-order chi connectivity index (χ0) is 21.5. The topological polar surface area (TPSA) is 0 Å². The van der Waals surface area contributed by atoms with E-state index in [2.05, 4.69) is 143 Å². The van der Waals surface area contributed by atoms with E-state index >= 15 is 0 Å². The average molecular weight is 473 g/mol. The Morgan fingerprint density at radius 1 is 0.438 bits per heavy atom. The molecule has 0 radical (unpaired) electrons. The maximum Gasteiger partial charge on any atom is 0.0713 e. The minimum absolute atomic E-state index is 0.355. The van der Waals surface area contributed by atoms with E-state index in [0.29, 0.717) is 0 Å². The lowest BCUT2D eigenvalue weighted by atomic mass is 9.67. The molecule has 0 heterocycles. The Morgan fingerprint density at radius 2 is 1.00 bits per heavy atom. The molecule has 1 atom stereocenters. The van der Waals surface area contributed by atoms with E-state index in [1.54, 1.807) is 0 Å². The van der Waals surface area contributed by atoms with Crippen LogP contribution < -0.4 is 0 Å². The van der Waals surface area contributed by atoms with Gasteiger partial charge in [-0.25, -0.2) is 0 Å². The molecule has 0 amide bonds. The van der Waals surface area contributed by atoms with Gasteiger partial charge in [0.2, 0.25) is 0 Å². The minimum Gasteiger partial charge on any atom is -0.0622 e. The molecule has 32 heavy (non-hydrogen) atoms. The van der Waals surface area contributed by atoms with Crippen molar-refractivity contribution in [1.29, 1.82) is 0 Å². The molecule has 0 aromatic heterocycles.